The van der Waals surface area contributed by atoms with Crippen LogP contribution in [0.25, 0.3) is 0 Å². The normalized spacial score (nSPS) is 19.6. The lowest BCUT2D eigenvalue weighted by Crippen LogP contribution is -2.33. The number of anilines is 3. The van der Waals surface area contributed by atoms with Crippen molar-refractivity contribution in [1.82, 2.24) is 9.78 Å². The standard InChI is InChI=1S/C24H23FN6O3/c25-16-6-8-18(9-7-16)28-23-20(22(27)32)14-31(30-23)21-11-10-19(12-15(21)13-26)34-24(33)29-17-4-2-1-3-5-17/h1-9,14-15,19,21H,10-12H2,(H2,27,32)(H,28,30)(H,29,33)/t15-,19+,21+/m1/s1. The highest BCUT2D eigenvalue weighted by Crippen LogP contribution is 2.36. The Kier molecular flexibility index (Phi) is 6.73. The summed E-state index contributed by atoms with van der Waals surface area (Å²) in [4.78, 5) is 24.2. The van der Waals surface area contributed by atoms with Crippen LogP contribution in [0.4, 0.5) is 26.4 Å². The average molecular weight is 462 g/mol. The van der Waals surface area contributed by atoms with Crippen LogP contribution in [-0.4, -0.2) is 27.9 Å². The summed E-state index contributed by atoms with van der Waals surface area (Å²) in [5.74, 6) is -1.35. The molecule has 3 aromatic rings. The van der Waals surface area contributed by atoms with E-state index >= 15 is 0 Å². The summed E-state index contributed by atoms with van der Waals surface area (Å²) in [7, 11) is 0. The molecule has 174 valence electrons. The number of nitriles is 1. The van der Waals surface area contributed by atoms with Crippen LogP contribution in [0.5, 0.6) is 0 Å². The second-order valence-corrected chi connectivity index (χ2v) is 8.00. The first-order valence-electron chi connectivity index (χ1n) is 10.8. The quantitative estimate of drug-likeness (QED) is 0.498. The van der Waals surface area contributed by atoms with E-state index in [0.29, 0.717) is 30.6 Å². The number of amides is 2. The lowest BCUT2D eigenvalue weighted by molar-refractivity contribution is 0.0602. The van der Waals surface area contributed by atoms with Crippen LogP contribution in [0, 0.1) is 23.1 Å². The van der Waals surface area contributed by atoms with Gasteiger partial charge in [-0.15, -0.1) is 0 Å². The van der Waals surface area contributed by atoms with E-state index in [0.717, 1.165) is 0 Å². The van der Waals surface area contributed by atoms with Gasteiger partial charge in [-0.25, -0.2) is 9.18 Å². The van der Waals surface area contributed by atoms with E-state index < -0.39 is 24.0 Å². The first-order chi connectivity index (χ1) is 16.4. The van der Waals surface area contributed by atoms with Gasteiger partial charge >= 0.3 is 6.09 Å². The summed E-state index contributed by atoms with van der Waals surface area (Å²) in [6, 6.07) is 16.5. The molecule has 10 heteroatoms. The van der Waals surface area contributed by atoms with E-state index in [9.17, 15) is 19.2 Å². The van der Waals surface area contributed by atoms with E-state index in [1.165, 1.54) is 30.5 Å². The van der Waals surface area contributed by atoms with E-state index in [2.05, 4.69) is 21.8 Å². The Hall–Kier alpha value is -4.39. The maximum Gasteiger partial charge on any atom is 0.411 e. The molecule has 0 unspecified atom stereocenters. The van der Waals surface area contributed by atoms with Gasteiger partial charge in [-0.3, -0.25) is 14.8 Å². The predicted octanol–water partition coefficient (Wildman–Crippen LogP) is 4.35. The molecule has 1 saturated carbocycles. The predicted molar refractivity (Wildman–Crippen MR) is 123 cm³/mol. The number of hydrogen-bond acceptors (Lipinski definition) is 6. The van der Waals surface area contributed by atoms with Gasteiger partial charge in [0.05, 0.1) is 18.0 Å². The van der Waals surface area contributed by atoms with Gasteiger partial charge in [-0.05, 0) is 49.2 Å². The van der Waals surface area contributed by atoms with E-state index in [4.69, 9.17) is 10.5 Å². The number of halogens is 1. The second kappa shape index (κ2) is 10.0. The Balaban J connectivity index is 1.45. The topological polar surface area (TPSA) is 135 Å². The summed E-state index contributed by atoms with van der Waals surface area (Å²) in [6.45, 7) is 0. The molecule has 4 N–H and O–H groups in total. The largest absolute Gasteiger partial charge is 0.446 e. The average Bonchev–Trinajstić information content (AvgIpc) is 3.25. The monoisotopic (exact) mass is 462 g/mol. The minimum atomic E-state index is -0.682. The highest BCUT2D eigenvalue weighted by atomic mass is 19.1. The van der Waals surface area contributed by atoms with Gasteiger partial charge in [0.1, 0.15) is 17.5 Å². The van der Waals surface area contributed by atoms with Crippen LogP contribution in [0.15, 0.2) is 60.8 Å². The Morgan fingerprint density at radius 3 is 2.53 bits per heavy atom. The molecule has 0 bridgehead atoms. The Bertz CT molecular complexity index is 1210. The zero-order chi connectivity index (χ0) is 24.1. The fourth-order valence-corrected chi connectivity index (χ4v) is 4.00. The van der Waals surface area contributed by atoms with Gasteiger partial charge < -0.3 is 15.8 Å². The first-order valence-corrected chi connectivity index (χ1v) is 10.8. The van der Waals surface area contributed by atoms with Crippen molar-refractivity contribution in [3.63, 3.8) is 0 Å². The zero-order valence-corrected chi connectivity index (χ0v) is 18.1. The molecule has 1 aliphatic rings. The van der Waals surface area contributed by atoms with Crippen LogP contribution in [0.3, 0.4) is 0 Å². The number of nitrogens with two attached hydrogens (primary N) is 1. The van der Waals surface area contributed by atoms with Crippen LogP contribution in [0.2, 0.25) is 0 Å². The third kappa shape index (κ3) is 5.32. The number of carbonyl (C=O) groups is 2. The highest BCUT2D eigenvalue weighted by Gasteiger charge is 2.35. The smallest absolute Gasteiger partial charge is 0.411 e. The molecular weight excluding hydrogens is 439 g/mol. The van der Waals surface area contributed by atoms with E-state index in [-0.39, 0.29) is 23.2 Å². The maximum absolute atomic E-state index is 13.2. The van der Waals surface area contributed by atoms with Crippen molar-refractivity contribution in [1.29, 1.82) is 5.26 Å². The van der Waals surface area contributed by atoms with Crippen molar-refractivity contribution in [2.24, 2.45) is 11.7 Å². The molecule has 34 heavy (non-hydrogen) atoms. The lowest BCUT2D eigenvalue weighted by Gasteiger charge is -2.32. The van der Waals surface area contributed by atoms with Crippen LogP contribution < -0.4 is 16.4 Å². The number of primary amides is 1. The molecule has 1 aromatic heterocycles. The maximum atomic E-state index is 13.2. The van der Waals surface area contributed by atoms with Crippen molar-refractivity contribution >= 4 is 29.2 Å². The molecule has 3 atom stereocenters. The fraction of sp³-hybridized carbons (Fsp3) is 0.250. The van der Waals surface area contributed by atoms with Gasteiger partial charge in [-0.1, -0.05) is 18.2 Å². The molecule has 4 rings (SSSR count). The molecule has 1 aliphatic carbocycles. The second-order valence-electron chi connectivity index (χ2n) is 8.00. The summed E-state index contributed by atoms with van der Waals surface area (Å²) in [6.07, 6.45) is 1.87. The third-order valence-corrected chi connectivity index (χ3v) is 5.67. The molecule has 9 nitrogen and oxygen atoms in total. The van der Waals surface area contributed by atoms with Gasteiger partial charge in [0, 0.05) is 24.0 Å². The number of aromatic nitrogens is 2. The minimum Gasteiger partial charge on any atom is -0.446 e. The number of rotatable bonds is 6. The minimum absolute atomic E-state index is 0.154. The third-order valence-electron chi connectivity index (χ3n) is 5.67. The molecule has 0 saturated heterocycles. The number of hydrogen-bond donors (Lipinski definition) is 3. The Morgan fingerprint density at radius 2 is 1.85 bits per heavy atom. The zero-order valence-electron chi connectivity index (χ0n) is 18.1. The molecule has 0 spiro atoms. The molecule has 0 aliphatic heterocycles. The summed E-state index contributed by atoms with van der Waals surface area (Å²) >= 11 is 0. The number of carbonyl (C=O) groups excluding carboxylic acids is 2. The summed E-state index contributed by atoms with van der Waals surface area (Å²) < 4.78 is 20.3. The summed E-state index contributed by atoms with van der Waals surface area (Å²) in [5.41, 5.74) is 6.83. The fourth-order valence-electron chi connectivity index (χ4n) is 4.00. The highest BCUT2D eigenvalue weighted by molar-refractivity contribution is 5.98. The summed E-state index contributed by atoms with van der Waals surface area (Å²) in [5, 5.41) is 19.9. The van der Waals surface area contributed by atoms with Crippen molar-refractivity contribution in [3.05, 3.63) is 72.2 Å². The number of nitrogens with zero attached hydrogens (tertiary/aromatic N) is 3. The first kappa shape index (κ1) is 22.8. The van der Waals surface area contributed by atoms with Crippen LogP contribution in [0.1, 0.15) is 35.7 Å². The van der Waals surface area contributed by atoms with Crippen LogP contribution >= 0.6 is 0 Å². The Morgan fingerprint density at radius 1 is 1.12 bits per heavy atom. The molecule has 2 aromatic carbocycles. The van der Waals surface area contributed by atoms with Gasteiger partial charge in [0.15, 0.2) is 5.82 Å². The van der Waals surface area contributed by atoms with Gasteiger partial charge in [-0.2, -0.15) is 10.4 Å². The SMILES string of the molecule is N#C[C@H]1C[C@@H](OC(=O)Nc2ccccc2)CC[C@@H]1n1cc(C(N)=O)c(Nc2ccc(F)cc2)n1. The van der Waals surface area contributed by atoms with E-state index in [1.54, 1.807) is 28.9 Å². The lowest BCUT2D eigenvalue weighted by atomic mass is 9.83. The van der Waals surface area contributed by atoms with Crippen molar-refractivity contribution < 1.29 is 18.7 Å². The molecule has 1 fully saturated rings. The molecule has 2 amide bonds. The number of benzene rings is 2. The Labute approximate surface area is 195 Å². The molecule has 1 heterocycles. The number of nitrogens with one attached hydrogen (secondary N) is 2. The van der Waals surface area contributed by atoms with Crippen LogP contribution in [-0.2, 0) is 4.74 Å². The molecule has 0 radical (unpaired) electrons. The number of para-hydroxylation sites is 1. The molecular formula is C24H23FN6O3. The van der Waals surface area contributed by atoms with E-state index in [1.807, 2.05) is 6.07 Å². The number of ether oxygens (including phenoxy) is 1. The van der Waals surface area contributed by atoms with Gasteiger partial charge in [0.25, 0.3) is 5.91 Å². The van der Waals surface area contributed by atoms with Gasteiger partial charge in [0.2, 0.25) is 0 Å². The van der Waals surface area contributed by atoms with Crippen molar-refractivity contribution in [2.45, 2.75) is 31.4 Å². The van der Waals surface area contributed by atoms with Crippen molar-refractivity contribution in [2.75, 3.05) is 10.6 Å². The van der Waals surface area contributed by atoms with Crippen molar-refractivity contribution in [3.8, 4) is 6.07 Å².